The molecule has 232 valence electrons. The van der Waals surface area contributed by atoms with E-state index in [0.717, 1.165) is 41.4 Å². The van der Waals surface area contributed by atoms with Gasteiger partial charge in [0.2, 0.25) is 0 Å². The first kappa shape index (κ1) is 35.6. The van der Waals surface area contributed by atoms with Crippen LogP contribution < -0.4 is 9.05 Å². The molecule has 41 heavy (non-hydrogen) atoms. The molecule has 2 aromatic carbocycles. The molecule has 0 heterocycles. The highest BCUT2D eigenvalue weighted by Gasteiger charge is 2.30. The minimum Gasteiger partial charge on any atom is -0.416 e. The molecule has 0 bridgehead atoms. The van der Waals surface area contributed by atoms with Gasteiger partial charge in [0, 0.05) is 11.1 Å². The Bertz CT molecular complexity index is 1020. The summed E-state index contributed by atoms with van der Waals surface area (Å²) in [5.41, 5.74) is 4.60. The molecule has 2 aromatic rings. The third kappa shape index (κ3) is 11.5. The van der Waals surface area contributed by atoms with Gasteiger partial charge in [-0.15, -0.1) is 4.67 Å². The molecule has 0 aliphatic heterocycles. The largest absolute Gasteiger partial charge is 0.493 e. The van der Waals surface area contributed by atoms with Gasteiger partial charge in [0.15, 0.2) is 0 Å². The van der Waals surface area contributed by atoms with Gasteiger partial charge in [-0.2, -0.15) is 0 Å². The molecule has 0 aromatic heterocycles. The number of hydrogen-bond donors (Lipinski definition) is 0. The summed E-state index contributed by atoms with van der Waals surface area (Å²) in [6.45, 7) is 31.7. The Morgan fingerprint density at radius 2 is 1.02 bits per heavy atom. The molecule has 0 spiro atoms. The fourth-order valence-corrected chi connectivity index (χ4v) is 5.40. The lowest BCUT2D eigenvalue weighted by atomic mass is 9.80. The van der Waals surface area contributed by atoms with Gasteiger partial charge in [0.25, 0.3) is 0 Å². The van der Waals surface area contributed by atoms with Crippen LogP contribution in [0.25, 0.3) is 0 Å². The molecule has 0 unspecified atom stereocenters. The molecule has 0 atom stereocenters. The summed E-state index contributed by atoms with van der Waals surface area (Å²) in [7, 11) is -1.87. The van der Waals surface area contributed by atoms with Crippen molar-refractivity contribution >= 4 is 8.60 Å². The molecule has 0 fully saturated rings. The minimum absolute atomic E-state index is 0.0331. The van der Waals surface area contributed by atoms with Crippen molar-refractivity contribution in [3.05, 3.63) is 58.7 Å². The second kappa shape index (κ2) is 14.2. The summed E-state index contributed by atoms with van der Waals surface area (Å²) in [6, 6.07) is 12.9. The van der Waals surface area contributed by atoms with E-state index in [1.54, 1.807) is 0 Å². The quantitative estimate of drug-likeness (QED) is 0.107. The van der Waals surface area contributed by atoms with E-state index in [4.69, 9.17) is 18.6 Å². The lowest BCUT2D eigenvalue weighted by Crippen LogP contribution is -2.18. The molecular weight excluding hydrogens is 527 g/mol. The van der Waals surface area contributed by atoms with Gasteiger partial charge in [-0.25, -0.2) is 4.89 Å². The lowest BCUT2D eigenvalue weighted by molar-refractivity contribution is -0.211. The zero-order valence-electron chi connectivity index (χ0n) is 28.7. The summed E-state index contributed by atoms with van der Waals surface area (Å²) >= 11 is 0. The van der Waals surface area contributed by atoms with Crippen LogP contribution in [0.4, 0.5) is 0 Å². The van der Waals surface area contributed by atoms with E-state index >= 15 is 0 Å². The normalized spacial score (nSPS) is 13.3. The van der Waals surface area contributed by atoms with Crippen molar-refractivity contribution in [3.8, 4) is 11.5 Å². The topological polar surface area (TPSA) is 36.9 Å². The van der Waals surface area contributed by atoms with Crippen LogP contribution in [0.15, 0.2) is 36.4 Å². The van der Waals surface area contributed by atoms with Crippen molar-refractivity contribution in [2.75, 3.05) is 6.61 Å². The predicted molar refractivity (Wildman–Crippen MR) is 176 cm³/mol. The zero-order valence-corrected chi connectivity index (χ0v) is 29.6. The molecule has 2 rings (SSSR count). The molecule has 5 heteroatoms. The van der Waals surface area contributed by atoms with Crippen molar-refractivity contribution in [1.29, 1.82) is 0 Å². The number of rotatable bonds is 12. The van der Waals surface area contributed by atoms with Crippen LogP contribution >= 0.6 is 8.60 Å². The standard InChI is InChI=1S/C36H59O4P/c1-26(2)18-16-15-17-23-37-40-41(38-31-21-19-27(33(3,4)5)24-29(31)35(9,10)11)39-32-22-20-28(34(6,7)8)25-30(32)36(12,13)14/h19-22,24-26H,15-18,23H2,1-14H3. The first-order chi connectivity index (χ1) is 18.7. The van der Waals surface area contributed by atoms with E-state index in [2.05, 4.69) is 133 Å². The smallest absolute Gasteiger partial charge is 0.416 e. The number of hydrogen-bond acceptors (Lipinski definition) is 4. The fourth-order valence-electron chi connectivity index (χ4n) is 4.50. The monoisotopic (exact) mass is 586 g/mol. The van der Waals surface area contributed by atoms with E-state index in [1.165, 1.54) is 24.0 Å². The Labute approximate surface area is 253 Å². The Hall–Kier alpha value is -1.61. The molecule has 0 amide bonds. The van der Waals surface area contributed by atoms with Crippen LogP contribution in [0.1, 0.15) is 145 Å². The van der Waals surface area contributed by atoms with Crippen LogP contribution in [-0.2, 0) is 31.2 Å². The van der Waals surface area contributed by atoms with Crippen LogP contribution in [0.2, 0.25) is 0 Å². The molecule has 0 aliphatic carbocycles. The summed E-state index contributed by atoms with van der Waals surface area (Å²) in [5, 5.41) is 0. The Morgan fingerprint density at radius 1 is 0.585 bits per heavy atom. The van der Waals surface area contributed by atoms with Crippen LogP contribution in [-0.4, -0.2) is 6.61 Å². The van der Waals surface area contributed by atoms with Crippen molar-refractivity contribution in [1.82, 2.24) is 0 Å². The highest BCUT2D eigenvalue weighted by atomic mass is 31.2. The van der Waals surface area contributed by atoms with E-state index in [-0.39, 0.29) is 21.7 Å². The number of unbranched alkanes of at least 4 members (excludes halogenated alkanes) is 2. The molecule has 0 N–H and O–H groups in total. The first-order valence-electron chi connectivity index (χ1n) is 15.5. The lowest BCUT2D eigenvalue weighted by Gasteiger charge is -2.29. The second-order valence-electron chi connectivity index (χ2n) is 16.0. The van der Waals surface area contributed by atoms with Crippen molar-refractivity contribution in [2.24, 2.45) is 5.92 Å². The van der Waals surface area contributed by atoms with Crippen LogP contribution in [0.3, 0.4) is 0 Å². The van der Waals surface area contributed by atoms with Crippen molar-refractivity contribution in [3.63, 3.8) is 0 Å². The third-order valence-electron chi connectivity index (χ3n) is 7.28. The summed E-state index contributed by atoms with van der Waals surface area (Å²) in [6.07, 6.45) is 4.50. The van der Waals surface area contributed by atoms with Gasteiger partial charge < -0.3 is 9.05 Å². The van der Waals surface area contributed by atoms with Gasteiger partial charge in [-0.05, 0) is 57.3 Å². The molecular formula is C36H59O4P. The highest BCUT2D eigenvalue weighted by molar-refractivity contribution is 7.42. The molecule has 0 radical (unpaired) electrons. The SMILES string of the molecule is CC(C)CCCCCOOP(Oc1ccc(C(C)(C)C)cc1C(C)(C)C)Oc1ccc(C(C)(C)C)cc1C(C)(C)C. The molecule has 0 saturated carbocycles. The van der Waals surface area contributed by atoms with E-state index in [0.29, 0.717) is 6.61 Å². The third-order valence-corrected chi connectivity index (χ3v) is 8.19. The van der Waals surface area contributed by atoms with Gasteiger partial charge >= 0.3 is 8.60 Å². The average molecular weight is 587 g/mol. The summed E-state index contributed by atoms with van der Waals surface area (Å²) in [5.74, 6) is 2.26. The predicted octanol–water partition coefficient (Wildman–Crippen LogP) is 11.7. The van der Waals surface area contributed by atoms with Gasteiger partial charge in [0.05, 0.1) is 6.61 Å². The Balaban J connectivity index is 2.40. The number of benzene rings is 2. The highest BCUT2D eigenvalue weighted by Crippen LogP contribution is 2.48. The van der Waals surface area contributed by atoms with Crippen molar-refractivity contribution < 1.29 is 18.6 Å². The van der Waals surface area contributed by atoms with Gasteiger partial charge in [0.1, 0.15) is 11.5 Å². The molecule has 0 saturated heterocycles. The Kier molecular flexibility index (Phi) is 12.4. The van der Waals surface area contributed by atoms with E-state index in [9.17, 15) is 0 Å². The second-order valence-corrected chi connectivity index (χ2v) is 16.9. The minimum atomic E-state index is -1.87. The van der Waals surface area contributed by atoms with Crippen LogP contribution in [0.5, 0.6) is 11.5 Å². The maximum Gasteiger partial charge on any atom is 0.493 e. The zero-order chi connectivity index (χ0) is 31.2. The maximum absolute atomic E-state index is 6.56. The summed E-state index contributed by atoms with van der Waals surface area (Å²) < 4.78 is 19.1. The summed E-state index contributed by atoms with van der Waals surface area (Å²) in [4.78, 5) is 5.73. The Morgan fingerprint density at radius 3 is 1.39 bits per heavy atom. The first-order valence-corrected chi connectivity index (χ1v) is 16.5. The molecule has 4 nitrogen and oxygen atoms in total. The van der Waals surface area contributed by atoms with Crippen molar-refractivity contribution in [2.45, 2.75) is 144 Å². The van der Waals surface area contributed by atoms with Gasteiger partial charge in [-0.3, -0.25) is 0 Å². The maximum atomic E-state index is 6.56. The molecule has 0 aliphatic rings. The van der Waals surface area contributed by atoms with E-state index < -0.39 is 8.60 Å². The van der Waals surface area contributed by atoms with Crippen LogP contribution in [0, 0.1) is 5.92 Å². The fraction of sp³-hybridized carbons (Fsp3) is 0.667. The van der Waals surface area contributed by atoms with E-state index in [1.807, 2.05) is 0 Å². The van der Waals surface area contributed by atoms with Gasteiger partial charge in [-0.1, -0.05) is 140 Å². The average Bonchev–Trinajstić information content (AvgIpc) is 2.80.